The standard InChI is InChI=1S/C9H21NSi/c1-9-5-7-10(8-6-9)11(2,3)4/h9H,5-8H2,1-4H3. The maximum absolute atomic E-state index is 2.73. The predicted octanol–water partition coefficient (Wildman–Crippen LogP) is 2.55. The molecule has 0 saturated carbocycles. The molecule has 0 N–H and O–H groups in total. The van der Waals surface area contributed by atoms with Crippen molar-refractivity contribution in [2.75, 3.05) is 13.1 Å². The molecule has 2 heteroatoms. The Hall–Kier alpha value is 0.177. The Morgan fingerprint density at radius 1 is 1.09 bits per heavy atom. The lowest BCUT2D eigenvalue weighted by Gasteiger charge is -2.39. The number of nitrogens with zero attached hydrogens (tertiary/aromatic N) is 1. The highest BCUT2D eigenvalue weighted by molar-refractivity contribution is 6.73. The summed E-state index contributed by atoms with van der Waals surface area (Å²) in [5, 5.41) is 0. The third-order valence-electron chi connectivity index (χ3n) is 2.73. The summed E-state index contributed by atoms with van der Waals surface area (Å²) in [5.41, 5.74) is 0. The highest BCUT2D eigenvalue weighted by Crippen LogP contribution is 2.20. The first-order valence-corrected chi connectivity index (χ1v) is 8.20. The molecule has 0 aromatic carbocycles. The van der Waals surface area contributed by atoms with Gasteiger partial charge in [-0.1, -0.05) is 26.6 Å². The molecule has 1 nitrogen and oxygen atoms in total. The molecule has 1 saturated heterocycles. The van der Waals surface area contributed by atoms with Crippen molar-refractivity contribution in [2.45, 2.75) is 39.4 Å². The summed E-state index contributed by atoms with van der Waals surface area (Å²) >= 11 is 0. The van der Waals surface area contributed by atoms with Gasteiger partial charge in [-0.25, -0.2) is 0 Å². The molecule has 1 heterocycles. The molecule has 0 radical (unpaired) electrons. The molecular weight excluding hydrogens is 150 g/mol. The third-order valence-corrected chi connectivity index (χ3v) is 5.08. The van der Waals surface area contributed by atoms with E-state index in [-0.39, 0.29) is 0 Å². The zero-order valence-corrected chi connectivity index (χ0v) is 9.35. The van der Waals surface area contributed by atoms with Crippen LogP contribution >= 0.6 is 0 Å². The summed E-state index contributed by atoms with van der Waals surface area (Å²) in [6.45, 7) is 12.4. The minimum Gasteiger partial charge on any atom is -0.324 e. The molecule has 0 atom stereocenters. The molecule has 0 unspecified atom stereocenters. The summed E-state index contributed by atoms with van der Waals surface area (Å²) < 4.78 is 2.73. The van der Waals surface area contributed by atoms with Crippen molar-refractivity contribution >= 4 is 8.24 Å². The van der Waals surface area contributed by atoms with E-state index in [1.807, 2.05) is 0 Å². The van der Waals surface area contributed by atoms with Gasteiger partial charge in [-0.3, -0.25) is 0 Å². The molecule has 0 aromatic rings. The Kier molecular flexibility index (Phi) is 2.76. The molecule has 0 spiro atoms. The monoisotopic (exact) mass is 171 g/mol. The van der Waals surface area contributed by atoms with Crippen LogP contribution in [0.2, 0.25) is 19.6 Å². The summed E-state index contributed by atoms with van der Waals surface area (Å²) in [6, 6.07) is 0. The van der Waals surface area contributed by atoms with Crippen LogP contribution in [-0.4, -0.2) is 25.9 Å². The van der Waals surface area contributed by atoms with Gasteiger partial charge in [0.25, 0.3) is 0 Å². The summed E-state index contributed by atoms with van der Waals surface area (Å²) in [6.07, 6.45) is 2.84. The first kappa shape index (κ1) is 9.27. The van der Waals surface area contributed by atoms with Gasteiger partial charge in [-0.2, -0.15) is 0 Å². The quantitative estimate of drug-likeness (QED) is 0.548. The Morgan fingerprint density at radius 3 is 1.91 bits per heavy atom. The maximum Gasteiger partial charge on any atom is 0.119 e. The lowest BCUT2D eigenvalue weighted by Crippen LogP contribution is -2.49. The van der Waals surface area contributed by atoms with Gasteiger partial charge in [0.15, 0.2) is 0 Å². The summed E-state index contributed by atoms with van der Waals surface area (Å²) in [4.78, 5) is 0. The Bertz CT molecular complexity index is 120. The van der Waals surface area contributed by atoms with Crippen molar-refractivity contribution in [3.05, 3.63) is 0 Å². The fourth-order valence-electron chi connectivity index (χ4n) is 1.68. The normalized spacial score (nSPS) is 24.0. The van der Waals surface area contributed by atoms with Crippen LogP contribution < -0.4 is 0 Å². The van der Waals surface area contributed by atoms with Gasteiger partial charge in [0.2, 0.25) is 0 Å². The smallest absolute Gasteiger partial charge is 0.119 e. The zero-order valence-electron chi connectivity index (χ0n) is 8.35. The minimum atomic E-state index is -0.953. The molecule has 1 aliphatic heterocycles. The second-order valence-corrected chi connectivity index (χ2v) is 9.81. The van der Waals surface area contributed by atoms with Gasteiger partial charge in [-0.15, -0.1) is 0 Å². The highest BCUT2D eigenvalue weighted by atomic mass is 28.3. The minimum absolute atomic E-state index is 0.953. The lowest BCUT2D eigenvalue weighted by molar-refractivity contribution is 0.283. The molecule has 66 valence electrons. The number of hydrogen-bond donors (Lipinski definition) is 0. The van der Waals surface area contributed by atoms with Gasteiger partial charge >= 0.3 is 0 Å². The fraction of sp³-hybridized carbons (Fsp3) is 1.00. The largest absolute Gasteiger partial charge is 0.324 e. The lowest BCUT2D eigenvalue weighted by atomic mass is 10.0. The summed E-state index contributed by atoms with van der Waals surface area (Å²) in [5.74, 6) is 0.975. The van der Waals surface area contributed by atoms with Crippen LogP contribution in [0, 0.1) is 5.92 Å². The second kappa shape index (κ2) is 3.28. The Morgan fingerprint density at radius 2 is 1.55 bits per heavy atom. The molecule has 0 amide bonds. The van der Waals surface area contributed by atoms with Crippen LogP contribution in [-0.2, 0) is 0 Å². The second-order valence-electron chi connectivity index (χ2n) is 4.84. The Labute approximate surface area is 71.9 Å². The number of rotatable bonds is 1. The van der Waals surface area contributed by atoms with E-state index in [4.69, 9.17) is 0 Å². The van der Waals surface area contributed by atoms with E-state index in [9.17, 15) is 0 Å². The SMILES string of the molecule is CC1CCN([Si](C)(C)C)CC1. The topological polar surface area (TPSA) is 3.24 Å². The maximum atomic E-state index is 2.73. The number of hydrogen-bond acceptors (Lipinski definition) is 1. The molecular formula is C9H21NSi. The molecule has 1 rings (SSSR count). The first-order valence-electron chi connectivity index (χ1n) is 4.75. The van der Waals surface area contributed by atoms with E-state index in [2.05, 4.69) is 31.1 Å². The van der Waals surface area contributed by atoms with Crippen molar-refractivity contribution in [1.29, 1.82) is 0 Å². The molecule has 11 heavy (non-hydrogen) atoms. The van der Waals surface area contributed by atoms with E-state index in [0.29, 0.717) is 0 Å². The molecule has 1 aliphatic rings. The van der Waals surface area contributed by atoms with Crippen LogP contribution in [0.15, 0.2) is 0 Å². The van der Waals surface area contributed by atoms with Crippen molar-refractivity contribution in [3.63, 3.8) is 0 Å². The first-order chi connectivity index (χ1) is 5.00. The molecule has 1 fully saturated rings. The van der Waals surface area contributed by atoms with Crippen LogP contribution in [0.4, 0.5) is 0 Å². The van der Waals surface area contributed by atoms with E-state index >= 15 is 0 Å². The average molecular weight is 171 g/mol. The van der Waals surface area contributed by atoms with Gasteiger partial charge in [-0.05, 0) is 31.8 Å². The van der Waals surface area contributed by atoms with Crippen LogP contribution in [0.1, 0.15) is 19.8 Å². The van der Waals surface area contributed by atoms with Crippen LogP contribution in [0.3, 0.4) is 0 Å². The van der Waals surface area contributed by atoms with Gasteiger partial charge < -0.3 is 4.57 Å². The van der Waals surface area contributed by atoms with Crippen molar-refractivity contribution < 1.29 is 0 Å². The molecule has 0 bridgehead atoms. The number of piperidine rings is 1. The highest BCUT2D eigenvalue weighted by Gasteiger charge is 2.26. The predicted molar refractivity (Wildman–Crippen MR) is 53.3 cm³/mol. The van der Waals surface area contributed by atoms with Gasteiger partial charge in [0, 0.05) is 0 Å². The van der Waals surface area contributed by atoms with E-state index in [1.54, 1.807) is 0 Å². The average Bonchev–Trinajstić information content (AvgIpc) is 1.86. The fourth-order valence-corrected chi connectivity index (χ4v) is 3.28. The summed E-state index contributed by atoms with van der Waals surface area (Å²) in [7, 11) is -0.953. The van der Waals surface area contributed by atoms with E-state index in [1.165, 1.54) is 25.9 Å². The van der Waals surface area contributed by atoms with Gasteiger partial charge in [0.05, 0.1) is 0 Å². The van der Waals surface area contributed by atoms with Crippen LogP contribution in [0.25, 0.3) is 0 Å². The van der Waals surface area contributed by atoms with Crippen molar-refractivity contribution in [2.24, 2.45) is 5.92 Å². The molecule has 0 aromatic heterocycles. The van der Waals surface area contributed by atoms with Crippen LogP contribution in [0.5, 0.6) is 0 Å². The zero-order chi connectivity index (χ0) is 8.48. The van der Waals surface area contributed by atoms with E-state index in [0.717, 1.165) is 5.92 Å². The van der Waals surface area contributed by atoms with Crippen molar-refractivity contribution in [3.8, 4) is 0 Å². The Balaban J connectivity index is 2.39. The third kappa shape index (κ3) is 2.60. The van der Waals surface area contributed by atoms with Gasteiger partial charge in [0.1, 0.15) is 8.24 Å². The molecule has 0 aliphatic carbocycles. The van der Waals surface area contributed by atoms with E-state index < -0.39 is 8.24 Å². The van der Waals surface area contributed by atoms with Crippen molar-refractivity contribution in [1.82, 2.24) is 4.57 Å².